The number of nitrogens with zero attached hydrogens (tertiary/aromatic N) is 2. The molecular weight excluding hydrogens is 310 g/mol. The van der Waals surface area contributed by atoms with Crippen LogP contribution in [0.2, 0.25) is 0 Å². The predicted octanol–water partition coefficient (Wildman–Crippen LogP) is 0.952. The maximum Gasteiger partial charge on any atom is 0.330 e. The van der Waals surface area contributed by atoms with Gasteiger partial charge >= 0.3 is 5.69 Å². The number of aromatic nitrogens is 2. The molecule has 0 saturated carbocycles. The van der Waals surface area contributed by atoms with Gasteiger partial charge in [-0.3, -0.25) is 9.36 Å². The summed E-state index contributed by atoms with van der Waals surface area (Å²) in [6, 6.07) is 5.50. The van der Waals surface area contributed by atoms with E-state index in [1.807, 2.05) is 25.1 Å². The van der Waals surface area contributed by atoms with Gasteiger partial charge in [0.1, 0.15) is 11.5 Å². The summed E-state index contributed by atoms with van der Waals surface area (Å²) < 4.78 is 13.1. The molecule has 2 aromatic rings. The van der Waals surface area contributed by atoms with Crippen molar-refractivity contribution in [2.45, 2.75) is 19.5 Å². The lowest BCUT2D eigenvalue weighted by atomic mass is 10.1. The molecule has 0 aliphatic carbocycles. The van der Waals surface area contributed by atoms with Crippen molar-refractivity contribution in [3.63, 3.8) is 0 Å². The first-order chi connectivity index (χ1) is 11.4. The summed E-state index contributed by atoms with van der Waals surface area (Å²) >= 11 is 0. The van der Waals surface area contributed by atoms with Crippen molar-refractivity contribution in [1.29, 1.82) is 0 Å². The first-order valence-corrected chi connectivity index (χ1v) is 7.59. The minimum absolute atomic E-state index is 0.0722. The van der Waals surface area contributed by atoms with Crippen LogP contribution in [0, 0.1) is 0 Å². The molecule has 1 aromatic heterocycles. The average Bonchev–Trinajstić information content (AvgIpc) is 2.60. The quantitative estimate of drug-likeness (QED) is 0.852. The van der Waals surface area contributed by atoms with Crippen molar-refractivity contribution in [1.82, 2.24) is 14.5 Å². The van der Waals surface area contributed by atoms with Gasteiger partial charge in [0.05, 0.1) is 14.2 Å². The molecule has 1 atom stereocenters. The SMILES string of the molecule is COc1ccc(OC)c(C(C)NCc2cn(C)c(=O)n(C)c2=O)c1. The van der Waals surface area contributed by atoms with Gasteiger partial charge in [-0.2, -0.15) is 0 Å². The van der Waals surface area contributed by atoms with E-state index in [1.165, 1.54) is 11.6 Å². The monoisotopic (exact) mass is 333 g/mol. The van der Waals surface area contributed by atoms with Crippen LogP contribution in [-0.4, -0.2) is 23.4 Å². The highest BCUT2D eigenvalue weighted by molar-refractivity contribution is 5.42. The Morgan fingerprint density at radius 2 is 1.88 bits per heavy atom. The third kappa shape index (κ3) is 3.51. The molecule has 0 spiro atoms. The zero-order valence-corrected chi connectivity index (χ0v) is 14.6. The summed E-state index contributed by atoms with van der Waals surface area (Å²) in [5.74, 6) is 1.47. The number of nitrogens with one attached hydrogen (secondary N) is 1. The van der Waals surface area contributed by atoms with Crippen molar-refractivity contribution >= 4 is 0 Å². The summed E-state index contributed by atoms with van der Waals surface area (Å²) in [5, 5.41) is 3.29. The van der Waals surface area contributed by atoms with Crippen LogP contribution in [0.4, 0.5) is 0 Å². The van der Waals surface area contributed by atoms with Crippen LogP contribution >= 0.6 is 0 Å². The van der Waals surface area contributed by atoms with Gasteiger partial charge in [0, 0.05) is 44.0 Å². The number of benzene rings is 1. The number of aryl methyl sites for hydroxylation is 1. The molecule has 0 bridgehead atoms. The van der Waals surface area contributed by atoms with Gasteiger partial charge in [0.15, 0.2) is 0 Å². The Labute approximate surface area is 140 Å². The lowest BCUT2D eigenvalue weighted by Gasteiger charge is -2.18. The average molecular weight is 333 g/mol. The van der Waals surface area contributed by atoms with Gasteiger partial charge in [-0.1, -0.05) is 0 Å². The molecule has 7 nitrogen and oxygen atoms in total. The third-order valence-electron chi connectivity index (χ3n) is 4.02. The maximum absolute atomic E-state index is 12.2. The van der Waals surface area contributed by atoms with E-state index in [0.29, 0.717) is 12.1 Å². The molecule has 1 heterocycles. The van der Waals surface area contributed by atoms with Gasteiger partial charge in [-0.15, -0.1) is 0 Å². The van der Waals surface area contributed by atoms with Crippen molar-refractivity contribution < 1.29 is 9.47 Å². The molecule has 1 N–H and O–H groups in total. The summed E-state index contributed by atoms with van der Waals surface area (Å²) in [4.78, 5) is 23.9. The highest BCUT2D eigenvalue weighted by Gasteiger charge is 2.14. The first kappa shape index (κ1) is 17.8. The van der Waals surface area contributed by atoms with Crippen molar-refractivity contribution in [2.24, 2.45) is 14.1 Å². The fraction of sp³-hybridized carbons (Fsp3) is 0.412. The lowest BCUT2D eigenvalue weighted by molar-refractivity contribution is 0.391. The molecule has 0 amide bonds. The number of rotatable bonds is 6. The zero-order valence-electron chi connectivity index (χ0n) is 14.6. The molecule has 0 fully saturated rings. The van der Waals surface area contributed by atoms with Crippen LogP contribution in [0.15, 0.2) is 34.0 Å². The van der Waals surface area contributed by atoms with Gasteiger partial charge < -0.3 is 19.4 Å². The topological polar surface area (TPSA) is 74.5 Å². The highest BCUT2D eigenvalue weighted by Crippen LogP contribution is 2.29. The van der Waals surface area contributed by atoms with Gasteiger partial charge in [0.25, 0.3) is 5.56 Å². The lowest BCUT2D eigenvalue weighted by Crippen LogP contribution is -2.39. The maximum atomic E-state index is 12.2. The van der Waals surface area contributed by atoms with E-state index in [-0.39, 0.29) is 17.3 Å². The standard InChI is InChI=1S/C17H23N3O4/c1-11(14-8-13(23-4)6-7-15(14)24-5)18-9-12-10-19(2)17(22)20(3)16(12)21/h6-8,10-11,18H,9H2,1-5H3. The van der Waals surface area contributed by atoms with Gasteiger partial charge in [-0.05, 0) is 25.1 Å². The van der Waals surface area contributed by atoms with Crippen LogP contribution in [-0.2, 0) is 20.6 Å². The van der Waals surface area contributed by atoms with Crippen LogP contribution < -0.4 is 26.0 Å². The van der Waals surface area contributed by atoms with Crippen LogP contribution in [0.3, 0.4) is 0 Å². The fourth-order valence-corrected chi connectivity index (χ4v) is 2.56. The van der Waals surface area contributed by atoms with Crippen molar-refractivity contribution in [2.75, 3.05) is 14.2 Å². The van der Waals surface area contributed by atoms with Crippen LogP contribution in [0.25, 0.3) is 0 Å². The molecule has 0 saturated heterocycles. The Morgan fingerprint density at radius 3 is 2.50 bits per heavy atom. The van der Waals surface area contributed by atoms with Crippen molar-refractivity contribution in [3.05, 3.63) is 56.4 Å². The smallest absolute Gasteiger partial charge is 0.330 e. The normalized spacial score (nSPS) is 12.0. The number of hydrogen-bond donors (Lipinski definition) is 1. The molecule has 7 heteroatoms. The molecule has 130 valence electrons. The summed E-state index contributed by atoms with van der Waals surface area (Å²) in [5.41, 5.74) is 0.813. The van der Waals surface area contributed by atoms with E-state index in [0.717, 1.165) is 21.6 Å². The molecule has 0 radical (unpaired) electrons. The van der Waals surface area contributed by atoms with E-state index in [2.05, 4.69) is 5.32 Å². The Hall–Kier alpha value is -2.54. The molecule has 0 aliphatic rings. The zero-order chi connectivity index (χ0) is 17.9. The molecule has 0 aliphatic heterocycles. The third-order valence-corrected chi connectivity index (χ3v) is 4.02. The number of hydrogen-bond acceptors (Lipinski definition) is 5. The molecule has 24 heavy (non-hydrogen) atoms. The Kier molecular flexibility index (Phi) is 5.46. The molecular formula is C17H23N3O4. The molecule has 1 unspecified atom stereocenters. The second-order valence-corrected chi connectivity index (χ2v) is 5.62. The highest BCUT2D eigenvalue weighted by atomic mass is 16.5. The second-order valence-electron chi connectivity index (χ2n) is 5.62. The first-order valence-electron chi connectivity index (χ1n) is 7.59. The Balaban J connectivity index is 2.24. The number of ether oxygens (including phenoxy) is 2. The predicted molar refractivity (Wildman–Crippen MR) is 91.7 cm³/mol. The minimum Gasteiger partial charge on any atom is -0.497 e. The van der Waals surface area contributed by atoms with Crippen molar-refractivity contribution in [3.8, 4) is 11.5 Å². The van der Waals surface area contributed by atoms with Gasteiger partial charge in [0.2, 0.25) is 0 Å². The minimum atomic E-state index is -0.341. The summed E-state index contributed by atoms with van der Waals surface area (Å²) in [7, 11) is 6.32. The Bertz CT molecular complexity index is 839. The van der Waals surface area contributed by atoms with Crippen LogP contribution in [0.1, 0.15) is 24.1 Å². The van der Waals surface area contributed by atoms with Crippen LogP contribution in [0.5, 0.6) is 11.5 Å². The summed E-state index contributed by atoms with van der Waals surface area (Å²) in [6.07, 6.45) is 1.56. The second kappa shape index (κ2) is 7.35. The van der Waals surface area contributed by atoms with E-state index in [1.54, 1.807) is 27.5 Å². The van der Waals surface area contributed by atoms with Gasteiger partial charge in [-0.25, -0.2) is 4.79 Å². The summed E-state index contributed by atoms with van der Waals surface area (Å²) in [6.45, 7) is 2.31. The molecule has 1 aromatic carbocycles. The Morgan fingerprint density at radius 1 is 1.17 bits per heavy atom. The fourth-order valence-electron chi connectivity index (χ4n) is 2.56. The number of methoxy groups -OCH3 is 2. The van der Waals surface area contributed by atoms with E-state index < -0.39 is 0 Å². The van der Waals surface area contributed by atoms with E-state index in [4.69, 9.17) is 9.47 Å². The largest absolute Gasteiger partial charge is 0.497 e. The van der Waals surface area contributed by atoms with E-state index in [9.17, 15) is 9.59 Å². The van der Waals surface area contributed by atoms with E-state index >= 15 is 0 Å². The molecule has 2 rings (SSSR count).